The second-order valence-corrected chi connectivity index (χ2v) is 9.07. The van der Waals surface area contributed by atoms with Gasteiger partial charge in [-0.15, -0.1) is 16.9 Å². The van der Waals surface area contributed by atoms with Crippen LogP contribution in [0.15, 0.2) is 16.4 Å². The molecule has 2 atom stereocenters. The van der Waals surface area contributed by atoms with Crippen molar-refractivity contribution in [3.8, 4) is 0 Å². The number of carboxylic acid groups (broad SMARTS) is 1. The lowest BCUT2D eigenvalue weighted by Crippen LogP contribution is -2.68. The minimum absolute atomic E-state index is 0.0788. The third-order valence-electron chi connectivity index (χ3n) is 3.73. The van der Waals surface area contributed by atoms with Crippen molar-refractivity contribution in [3.63, 3.8) is 0 Å². The van der Waals surface area contributed by atoms with Crippen LogP contribution in [0, 0.1) is 0 Å². The zero-order valence-electron chi connectivity index (χ0n) is 13.0. The number of carboxylic acids is 1. The summed E-state index contributed by atoms with van der Waals surface area (Å²) in [5, 5.41) is 20.2. The van der Waals surface area contributed by atoms with E-state index in [0.717, 1.165) is 11.8 Å². The maximum absolute atomic E-state index is 11.9. The van der Waals surface area contributed by atoms with Crippen molar-refractivity contribution in [2.75, 3.05) is 17.3 Å². The monoisotopic (exact) mass is 422 g/mol. The second kappa shape index (κ2) is 7.15. The van der Waals surface area contributed by atoms with Crippen molar-refractivity contribution < 1.29 is 27.7 Å². The van der Waals surface area contributed by atoms with Gasteiger partial charge in [0, 0.05) is 11.5 Å². The molecule has 3 rings (SSSR count). The third-order valence-corrected chi connectivity index (χ3v) is 6.83. The van der Waals surface area contributed by atoms with Crippen LogP contribution in [0.4, 0.5) is 0 Å². The van der Waals surface area contributed by atoms with Gasteiger partial charge in [-0.25, -0.2) is 9.48 Å². The Kier molecular flexibility index (Phi) is 5.25. The first-order valence-corrected chi connectivity index (χ1v) is 10.8. The zero-order valence-corrected chi connectivity index (χ0v) is 15.5. The Balaban J connectivity index is 1.74. The fourth-order valence-electron chi connectivity index (χ4n) is 2.48. The Morgan fingerprint density at radius 3 is 2.85 bits per heavy atom. The quantitative estimate of drug-likeness (QED) is 0.256. The molecule has 3 heterocycles. The molecule has 0 radical (unpaired) electrons. The van der Waals surface area contributed by atoms with Gasteiger partial charge in [-0.2, -0.15) is 8.42 Å². The second-order valence-electron chi connectivity index (χ2n) is 5.45. The van der Waals surface area contributed by atoms with Gasteiger partial charge in [0.05, 0.1) is 12.3 Å². The number of aliphatic carboxylic acids is 1. The molecule has 0 bridgehead atoms. The molecule has 0 aliphatic carbocycles. The van der Waals surface area contributed by atoms with Crippen LogP contribution < -0.4 is 5.73 Å². The number of β-lactam (4-membered cyclic amide) rings is 1. The van der Waals surface area contributed by atoms with Crippen LogP contribution in [-0.4, -0.2) is 83.7 Å². The van der Waals surface area contributed by atoms with Crippen molar-refractivity contribution in [3.05, 3.63) is 11.3 Å². The molecule has 1 amide bonds. The number of aryl methyl sites for hydroxylation is 1. The number of nitrogens with two attached hydrogens (primary N) is 1. The highest BCUT2D eigenvalue weighted by Gasteiger charge is 2.51. The van der Waals surface area contributed by atoms with Crippen molar-refractivity contribution in [2.24, 2.45) is 5.73 Å². The fraction of sp³-hybridized carbons (Fsp3) is 0.545. The van der Waals surface area contributed by atoms with Crippen LogP contribution >= 0.6 is 23.5 Å². The van der Waals surface area contributed by atoms with E-state index in [0.29, 0.717) is 11.3 Å². The summed E-state index contributed by atoms with van der Waals surface area (Å²) in [4.78, 5) is 24.7. The molecule has 2 aliphatic rings. The molecule has 2 aliphatic heterocycles. The van der Waals surface area contributed by atoms with E-state index in [1.807, 2.05) is 0 Å². The molecule has 26 heavy (non-hydrogen) atoms. The molecule has 1 saturated heterocycles. The van der Waals surface area contributed by atoms with Gasteiger partial charge in [0.25, 0.3) is 10.1 Å². The van der Waals surface area contributed by atoms with Gasteiger partial charge in [0.15, 0.2) is 0 Å². The van der Waals surface area contributed by atoms with Crippen molar-refractivity contribution in [2.45, 2.75) is 23.1 Å². The van der Waals surface area contributed by atoms with Crippen molar-refractivity contribution in [1.82, 2.24) is 25.1 Å². The molecule has 15 heteroatoms. The third kappa shape index (κ3) is 3.71. The van der Waals surface area contributed by atoms with Gasteiger partial charge in [0.1, 0.15) is 17.1 Å². The topological polar surface area (TPSA) is 182 Å². The predicted octanol–water partition coefficient (Wildman–Crippen LogP) is -1.77. The Morgan fingerprint density at radius 1 is 1.46 bits per heavy atom. The van der Waals surface area contributed by atoms with Gasteiger partial charge >= 0.3 is 5.97 Å². The number of nitrogens with zero attached hydrogens (tertiary/aromatic N) is 5. The van der Waals surface area contributed by atoms with E-state index in [9.17, 15) is 23.1 Å². The van der Waals surface area contributed by atoms with Crippen LogP contribution in [0.2, 0.25) is 0 Å². The smallest absolute Gasteiger partial charge is 0.352 e. The lowest BCUT2D eigenvalue weighted by atomic mass is 10.0. The molecule has 12 nitrogen and oxygen atoms in total. The number of tetrazole rings is 1. The maximum Gasteiger partial charge on any atom is 0.352 e. The zero-order chi connectivity index (χ0) is 19.1. The number of hydrogen-bond donors (Lipinski definition) is 3. The van der Waals surface area contributed by atoms with Gasteiger partial charge in [-0.1, -0.05) is 11.8 Å². The fourth-order valence-corrected chi connectivity index (χ4v) is 5.22. The van der Waals surface area contributed by atoms with E-state index in [-0.39, 0.29) is 28.5 Å². The molecule has 0 spiro atoms. The highest BCUT2D eigenvalue weighted by molar-refractivity contribution is 8.01. The first-order valence-electron chi connectivity index (χ1n) is 7.18. The molecular formula is C11H14N6O6S3. The number of carbonyl (C=O) groups excluding carboxylic acids is 1. The number of aromatic nitrogens is 4. The van der Waals surface area contributed by atoms with E-state index in [4.69, 9.17) is 10.3 Å². The molecule has 1 fully saturated rings. The van der Waals surface area contributed by atoms with Crippen molar-refractivity contribution >= 4 is 45.5 Å². The highest BCUT2D eigenvalue weighted by Crippen LogP contribution is 2.40. The normalized spacial score (nSPS) is 23.0. The average Bonchev–Trinajstić information content (AvgIpc) is 3.03. The molecule has 0 saturated carbocycles. The summed E-state index contributed by atoms with van der Waals surface area (Å²) in [6.45, 7) is -0.144. The number of rotatable bonds is 7. The van der Waals surface area contributed by atoms with E-state index in [1.165, 1.54) is 21.3 Å². The SMILES string of the molecule is NC1C(=O)N2C(C(=O)O)=C(CSc3nnnn3CCS(=O)(=O)O)CS[C@H]12. The molecule has 142 valence electrons. The van der Waals surface area contributed by atoms with Crippen LogP contribution in [-0.2, 0) is 26.3 Å². The maximum atomic E-state index is 11.9. The van der Waals surface area contributed by atoms with Crippen LogP contribution in [0.3, 0.4) is 0 Å². The predicted molar refractivity (Wildman–Crippen MR) is 90.7 cm³/mol. The van der Waals surface area contributed by atoms with Gasteiger partial charge in [-0.05, 0) is 16.0 Å². The lowest BCUT2D eigenvalue weighted by molar-refractivity contribution is -0.147. The summed E-state index contributed by atoms with van der Waals surface area (Å²) in [7, 11) is -4.16. The molecule has 0 aromatic carbocycles. The van der Waals surface area contributed by atoms with E-state index >= 15 is 0 Å². The van der Waals surface area contributed by atoms with Crippen LogP contribution in [0.5, 0.6) is 0 Å². The van der Waals surface area contributed by atoms with Gasteiger partial charge < -0.3 is 10.8 Å². The van der Waals surface area contributed by atoms with Gasteiger partial charge in [-0.3, -0.25) is 14.2 Å². The first kappa shape index (κ1) is 19.1. The Morgan fingerprint density at radius 2 is 2.19 bits per heavy atom. The molecule has 1 aromatic rings. The summed E-state index contributed by atoms with van der Waals surface area (Å²) >= 11 is 2.49. The van der Waals surface area contributed by atoms with E-state index in [2.05, 4.69) is 15.5 Å². The molecule has 1 aromatic heterocycles. The minimum Gasteiger partial charge on any atom is -0.477 e. The summed E-state index contributed by atoms with van der Waals surface area (Å²) in [6.07, 6.45) is 0. The number of fused-ring (bicyclic) bond motifs is 1. The Bertz CT molecular complexity index is 883. The largest absolute Gasteiger partial charge is 0.477 e. The van der Waals surface area contributed by atoms with E-state index in [1.54, 1.807) is 0 Å². The van der Waals surface area contributed by atoms with Crippen LogP contribution in [0.1, 0.15) is 0 Å². The highest BCUT2D eigenvalue weighted by atomic mass is 32.2. The number of amides is 1. The Labute approximate surface area is 155 Å². The molecular weight excluding hydrogens is 408 g/mol. The number of carbonyl (C=O) groups is 2. The number of thioether (sulfide) groups is 2. The van der Waals surface area contributed by atoms with Crippen LogP contribution in [0.25, 0.3) is 0 Å². The van der Waals surface area contributed by atoms with Gasteiger partial charge in [0.2, 0.25) is 11.1 Å². The summed E-state index contributed by atoms with van der Waals surface area (Å²) in [5.74, 6) is -1.60. The first-order chi connectivity index (χ1) is 12.2. The number of hydrogen-bond acceptors (Lipinski definition) is 10. The summed E-state index contributed by atoms with van der Waals surface area (Å²) in [6, 6.07) is -0.698. The average molecular weight is 422 g/mol. The molecule has 1 unspecified atom stereocenters. The summed E-state index contributed by atoms with van der Waals surface area (Å²) in [5.41, 5.74) is 6.13. The lowest BCUT2D eigenvalue weighted by Gasteiger charge is -2.48. The van der Waals surface area contributed by atoms with E-state index < -0.39 is 33.8 Å². The standard InChI is InChI=1S/C11H14N6O6S3/c12-6-8(18)17-7(10(19)20)5(3-24-9(6)17)4-25-11-13-14-15-16(11)1-2-26(21,22)23/h6,9H,1-4,12H2,(H,19,20)(H,21,22,23)/t6?,9-/m1/s1. The minimum atomic E-state index is -4.16. The molecule has 4 N–H and O–H groups in total. The Hall–Kier alpha value is -1.68. The summed E-state index contributed by atoms with van der Waals surface area (Å²) < 4.78 is 31.7. The van der Waals surface area contributed by atoms with Crippen molar-refractivity contribution in [1.29, 1.82) is 0 Å².